The van der Waals surface area contributed by atoms with Crippen LogP contribution in [0.1, 0.15) is 20.8 Å². The maximum Gasteiger partial charge on any atom is 0.326 e. The Kier molecular flexibility index (Phi) is 6.76. The Hall–Kier alpha value is -2.39. The maximum absolute atomic E-state index is 12.6. The summed E-state index contributed by atoms with van der Waals surface area (Å²) in [7, 11) is 0. The average Bonchev–Trinajstić information content (AvgIpc) is 2.59. The predicted octanol–water partition coefficient (Wildman–Crippen LogP) is 0.764. The summed E-state index contributed by atoms with van der Waals surface area (Å²) >= 11 is 0. The molecule has 0 bridgehead atoms. The molecule has 1 aromatic heterocycles. The smallest absolute Gasteiger partial charge is 0.326 e. The zero-order valence-corrected chi connectivity index (χ0v) is 15.3. The van der Waals surface area contributed by atoms with Gasteiger partial charge in [0.25, 0.3) is 5.91 Å². The molecule has 0 unspecified atom stereocenters. The molecule has 0 radical (unpaired) electrons. The Balaban J connectivity index is 1.92. The van der Waals surface area contributed by atoms with E-state index in [0.717, 1.165) is 0 Å². The van der Waals surface area contributed by atoms with Gasteiger partial charge in [0.2, 0.25) is 0 Å². The molecule has 2 rings (SSSR count). The van der Waals surface area contributed by atoms with E-state index in [1.54, 1.807) is 26.0 Å². The third-order valence-electron chi connectivity index (χ3n) is 3.60. The fourth-order valence-corrected chi connectivity index (χ4v) is 2.36. The van der Waals surface area contributed by atoms with Crippen LogP contribution in [0.2, 0.25) is 0 Å². The molecule has 9 heteroatoms. The van der Waals surface area contributed by atoms with Crippen LogP contribution in [0.3, 0.4) is 0 Å². The molecule has 1 aromatic rings. The van der Waals surface area contributed by atoms with Gasteiger partial charge in [-0.2, -0.15) is 0 Å². The highest BCUT2D eigenvalue weighted by Gasteiger charge is 2.42. The van der Waals surface area contributed by atoms with Crippen molar-refractivity contribution >= 4 is 23.5 Å². The third kappa shape index (κ3) is 5.06. The number of nitrogens with two attached hydrogens (primary N) is 1. The van der Waals surface area contributed by atoms with Crippen molar-refractivity contribution in [3.05, 3.63) is 12.1 Å². The van der Waals surface area contributed by atoms with Crippen molar-refractivity contribution in [2.45, 2.75) is 26.4 Å². The number of ether oxygens (including phenoxy) is 4. The predicted molar refractivity (Wildman–Crippen MR) is 94.0 cm³/mol. The first kappa shape index (κ1) is 19.9. The van der Waals surface area contributed by atoms with Gasteiger partial charge < -0.3 is 24.7 Å². The number of hydrogen-bond acceptors (Lipinski definition) is 8. The normalized spacial score (nSPS) is 15.3. The minimum absolute atomic E-state index is 0.0874. The lowest BCUT2D eigenvalue weighted by Gasteiger charge is -2.37. The lowest BCUT2D eigenvalue weighted by Crippen LogP contribution is -2.54. The van der Waals surface area contributed by atoms with Gasteiger partial charge in [0.05, 0.1) is 19.8 Å². The molecular weight excluding hydrogens is 342 g/mol. The second-order valence-corrected chi connectivity index (χ2v) is 6.09. The summed E-state index contributed by atoms with van der Waals surface area (Å²) in [6.45, 7) is 6.75. The molecule has 0 aliphatic carbocycles. The highest BCUT2D eigenvalue weighted by atomic mass is 16.6. The number of hydrogen-bond donors (Lipinski definition) is 1. The van der Waals surface area contributed by atoms with E-state index in [2.05, 4.69) is 4.98 Å². The number of fused-ring (bicyclic) bond motifs is 1. The van der Waals surface area contributed by atoms with E-state index < -0.39 is 17.5 Å². The van der Waals surface area contributed by atoms with Gasteiger partial charge in [0.1, 0.15) is 19.0 Å². The number of carbonyl (C=O) groups excluding carboxylic acids is 2. The molecular formula is C17H25N3O6. The number of aromatic nitrogens is 1. The fraction of sp³-hybridized carbons (Fsp3) is 0.588. The summed E-state index contributed by atoms with van der Waals surface area (Å²) < 4.78 is 21.2. The number of anilines is 2. The minimum atomic E-state index is -1.12. The largest absolute Gasteiger partial charge is 0.474 e. The second-order valence-electron chi connectivity index (χ2n) is 6.09. The Morgan fingerprint density at radius 2 is 1.92 bits per heavy atom. The lowest BCUT2D eigenvalue weighted by molar-refractivity contribution is -0.146. The molecule has 0 spiro atoms. The monoisotopic (exact) mass is 367 g/mol. The highest BCUT2D eigenvalue weighted by Crippen LogP contribution is 2.36. The number of nitrogen functional groups attached to an aromatic ring is 1. The zero-order valence-electron chi connectivity index (χ0n) is 15.3. The van der Waals surface area contributed by atoms with Crippen LogP contribution >= 0.6 is 0 Å². The molecule has 1 amide bonds. The van der Waals surface area contributed by atoms with Crippen LogP contribution in [0.15, 0.2) is 12.1 Å². The quantitative estimate of drug-likeness (QED) is 0.503. The van der Waals surface area contributed by atoms with Crippen LogP contribution in [0.25, 0.3) is 0 Å². The lowest BCUT2D eigenvalue weighted by atomic mass is 10.1. The Bertz CT molecular complexity index is 649. The van der Waals surface area contributed by atoms with Gasteiger partial charge in [-0.1, -0.05) is 0 Å². The number of rotatable bonds is 9. The molecule has 2 heterocycles. The minimum Gasteiger partial charge on any atom is -0.474 e. The molecule has 1 aliphatic heterocycles. The molecule has 9 nitrogen and oxygen atoms in total. The summed E-state index contributed by atoms with van der Waals surface area (Å²) in [5.74, 6) is -0.149. The van der Waals surface area contributed by atoms with E-state index >= 15 is 0 Å². The van der Waals surface area contributed by atoms with Gasteiger partial charge in [-0.25, -0.2) is 4.98 Å². The molecule has 2 N–H and O–H groups in total. The van der Waals surface area contributed by atoms with E-state index in [-0.39, 0.29) is 31.4 Å². The number of esters is 1. The van der Waals surface area contributed by atoms with Crippen molar-refractivity contribution in [2.75, 3.05) is 50.2 Å². The molecule has 0 saturated carbocycles. The van der Waals surface area contributed by atoms with E-state index in [4.69, 9.17) is 24.7 Å². The van der Waals surface area contributed by atoms with Gasteiger partial charge in [-0.05, 0) is 32.9 Å². The Morgan fingerprint density at radius 1 is 1.23 bits per heavy atom. The molecule has 0 aromatic carbocycles. The van der Waals surface area contributed by atoms with E-state index in [1.165, 1.54) is 4.90 Å². The first-order valence-electron chi connectivity index (χ1n) is 8.43. The molecule has 0 fully saturated rings. The molecule has 0 atom stereocenters. The zero-order chi connectivity index (χ0) is 19.2. The van der Waals surface area contributed by atoms with Crippen molar-refractivity contribution in [1.29, 1.82) is 0 Å². The van der Waals surface area contributed by atoms with Crippen LogP contribution in [0.5, 0.6) is 5.75 Å². The second kappa shape index (κ2) is 8.81. The highest BCUT2D eigenvalue weighted by molar-refractivity contribution is 6.04. The summed E-state index contributed by atoms with van der Waals surface area (Å²) in [6.07, 6.45) is 0. The Morgan fingerprint density at radius 3 is 2.65 bits per heavy atom. The summed E-state index contributed by atoms with van der Waals surface area (Å²) in [5.41, 5.74) is 4.57. The molecule has 144 valence electrons. The fourth-order valence-electron chi connectivity index (χ4n) is 2.36. The summed E-state index contributed by atoms with van der Waals surface area (Å²) in [5, 5.41) is 0. The standard InChI is InChI=1S/C17H25N3O6/c1-4-23-7-8-24-9-10-25-14(21)11-20-15-12(5-6-13(18)19-15)26-17(2,3)16(20)22/h5-6H,4,7-11H2,1-3H3,(H2,18,19). The van der Waals surface area contributed by atoms with Crippen molar-refractivity contribution in [2.24, 2.45) is 0 Å². The van der Waals surface area contributed by atoms with Gasteiger partial charge in [0.15, 0.2) is 17.2 Å². The SMILES string of the molecule is CCOCCOCCOC(=O)CN1C(=O)C(C)(C)Oc2ccc(N)nc21. The van der Waals surface area contributed by atoms with Crippen molar-refractivity contribution in [3.8, 4) is 5.75 Å². The van der Waals surface area contributed by atoms with Gasteiger partial charge in [0, 0.05) is 6.61 Å². The molecule has 1 aliphatic rings. The maximum atomic E-state index is 12.6. The van der Waals surface area contributed by atoms with Crippen LogP contribution < -0.4 is 15.4 Å². The summed E-state index contributed by atoms with van der Waals surface area (Å²) in [4.78, 5) is 30.1. The van der Waals surface area contributed by atoms with E-state index in [0.29, 0.717) is 25.6 Å². The number of nitrogens with zero attached hydrogens (tertiary/aromatic N) is 2. The van der Waals surface area contributed by atoms with Crippen molar-refractivity contribution < 1.29 is 28.5 Å². The number of amides is 1. The van der Waals surface area contributed by atoms with Crippen LogP contribution in [-0.4, -0.2) is 62.0 Å². The van der Waals surface area contributed by atoms with Gasteiger partial charge in [-0.3, -0.25) is 14.5 Å². The van der Waals surface area contributed by atoms with Gasteiger partial charge in [-0.15, -0.1) is 0 Å². The van der Waals surface area contributed by atoms with Crippen molar-refractivity contribution in [3.63, 3.8) is 0 Å². The first-order valence-corrected chi connectivity index (χ1v) is 8.43. The van der Waals surface area contributed by atoms with Crippen molar-refractivity contribution in [1.82, 2.24) is 4.98 Å². The molecule has 26 heavy (non-hydrogen) atoms. The average molecular weight is 367 g/mol. The van der Waals surface area contributed by atoms with E-state index in [9.17, 15) is 9.59 Å². The number of pyridine rings is 1. The van der Waals surface area contributed by atoms with Crippen LogP contribution in [-0.2, 0) is 23.8 Å². The summed E-state index contributed by atoms with van der Waals surface area (Å²) in [6, 6.07) is 3.19. The molecule has 0 saturated heterocycles. The topological polar surface area (TPSA) is 113 Å². The van der Waals surface area contributed by atoms with Crippen LogP contribution in [0, 0.1) is 0 Å². The third-order valence-corrected chi connectivity index (χ3v) is 3.60. The van der Waals surface area contributed by atoms with Gasteiger partial charge >= 0.3 is 5.97 Å². The van der Waals surface area contributed by atoms with E-state index in [1.807, 2.05) is 6.92 Å². The first-order chi connectivity index (χ1) is 12.3. The van der Waals surface area contributed by atoms with Crippen LogP contribution in [0.4, 0.5) is 11.6 Å². The Labute approximate surface area is 152 Å². The number of carbonyl (C=O) groups is 2.